The molecule has 0 fully saturated rings. The van der Waals surface area contributed by atoms with Gasteiger partial charge in [-0.25, -0.2) is 18.5 Å². The van der Waals surface area contributed by atoms with Crippen LogP contribution in [0.1, 0.15) is 18.1 Å². The number of amidine groups is 1. The molecule has 0 aliphatic heterocycles. The SMILES string of the molecule is CC(Nc1ccc(C)cc1)=[N+](C)CCNS(=O)(=O)c1ccc(C)cc1. The highest BCUT2D eigenvalue weighted by Gasteiger charge is 2.14. The Morgan fingerprint density at radius 1 is 0.960 bits per heavy atom. The van der Waals surface area contributed by atoms with Crippen LogP contribution in [0, 0.1) is 13.8 Å². The number of benzene rings is 2. The van der Waals surface area contributed by atoms with Gasteiger partial charge in [0, 0.05) is 13.5 Å². The van der Waals surface area contributed by atoms with Crippen LogP contribution in [0.15, 0.2) is 53.4 Å². The normalized spacial score (nSPS) is 12.6. The highest BCUT2D eigenvalue weighted by atomic mass is 32.2. The summed E-state index contributed by atoms with van der Waals surface area (Å²) in [5.41, 5.74) is 3.25. The minimum Gasteiger partial charge on any atom is -0.267 e. The minimum atomic E-state index is -3.47. The molecule has 5 nitrogen and oxygen atoms in total. The number of sulfonamides is 1. The second kappa shape index (κ2) is 8.27. The predicted octanol–water partition coefficient (Wildman–Crippen LogP) is 2.75. The molecule has 0 aromatic heterocycles. The molecule has 6 heteroatoms. The van der Waals surface area contributed by atoms with E-state index in [2.05, 4.69) is 10.0 Å². The molecule has 0 radical (unpaired) electrons. The Bertz CT molecular complexity index is 839. The highest BCUT2D eigenvalue weighted by molar-refractivity contribution is 7.89. The molecule has 2 rings (SSSR count). The summed E-state index contributed by atoms with van der Waals surface area (Å²) in [6.07, 6.45) is 0. The first-order valence-electron chi connectivity index (χ1n) is 8.22. The van der Waals surface area contributed by atoms with E-state index in [1.54, 1.807) is 24.3 Å². The van der Waals surface area contributed by atoms with Gasteiger partial charge in [0.2, 0.25) is 15.9 Å². The first kappa shape index (κ1) is 19.1. The van der Waals surface area contributed by atoms with E-state index in [0.29, 0.717) is 18.0 Å². The summed E-state index contributed by atoms with van der Waals surface area (Å²) in [5, 5.41) is 3.32. The maximum Gasteiger partial charge on any atom is 0.246 e. The van der Waals surface area contributed by atoms with Crippen molar-refractivity contribution in [2.24, 2.45) is 0 Å². The number of hydrogen-bond acceptors (Lipinski definition) is 2. The van der Waals surface area contributed by atoms with Crippen LogP contribution in [0.25, 0.3) is 0 Å². The zero-order chi connectivity index (χ0) is 18.4. The molecule has 0 bridgehead atoms. The van der Waals surface area contributed by atoms with Crippen molar-refractivity contribution in [1.82, 2.24) is 4.72 Å². The van der Waals surface area contributed by atoms with Crippen molar-refractivity contribution in [3.63, 3.8) is 0 Å². The van der Waals surface area contributed by atoms with Crippen LogP contribution in [0.3, 0.4) is 0 Å². The Morgan fingerprint density at radius 2 is 1.48 bits per heavy atom. The van der Waals surface area contributed by atoms with Gasteiger partial charge in [0.1, 0.15) is 5.69 Å². The smallest absolute Gasteiger partial charge is 0.246 e. The highest BCUT2D eigenvalue weighted by Crippen LogP contribution is 2.10. The molecule has 0 heterocycles. The number of nitrogens with zero attached hydrogens (tertiary/aromatic N) is 1. The molecule has 0 aliphatic carbocycles. The van der Waals surface area contributed by atoms with Crippen LogP contribution in [0.2, 0.25) is 0 Å². The topological polar surface area (TPSA) is 61.2 Å². The van der Waals surface area contributed by atoms with E-state index in [-0.39, 0.29) is 0 Å². The lowest BCUT2D eigenvalue weighted by atomic mass is 10.2. The summed E-state index contributed by atoms with van der Waals surface area (Å²) in [6.45, 7) is 6.84. The van der Waals surface area contributed by atoms with Crippen LogP contribution in [0.4, 0.5) is 5.69 Å². The number of rotatable bonds is 6. The van der Waals surface area contributed by atoms with Crippen LogP contribution in [0.5, 0.6) is 0 Å². The Balaban J connectivity index is 1.93. The molecule has 2 aromatic rings. The lowest BCUT2D eigenvalue weighted by Crippen LogP contribution is -2.32. The maximum absolute atomic E-state index is 12.3. The van der Waals surface area contributed by atoms with E-state index in [9.17, 15) is 8.42 Å². The van der Waals surface area contributed by atoms with Crippen molar-refractivity contribution in [3.05, 3.63) is 59.7 Å². The largest absolute Gasteiger partial charge is 0.267 e. The van der Waals surface area contributed by atoms with Gasteiger partial charge < -0.3 is 0 Å². The number of aryl methyl sites for hydroxylation is 2. The van der Waals surface area contributed by atoms with Gasteiger partial charge in [-0.15, -0.1) is 0 Å². The van der Waals surface area contributed by atoms with E-state index in [1.807, 2.05) is 56.7 Å². The predicted molar refractivity (Wildman–Crippen MR) is 103 cm³/mol. The van der Waals surface area contributed by atoms with Crippen molar-refractivity contribution < 1.29 is 13.0 Å². The van der Waals surface area contributed by atoms with Gasteiger partial charge in [-0.1, -0.05) is 35.4 Å². The van der Waals surface area contributed by atoms with Crippen molar-refractivity contribution >= 4 is 21.5 Å². The molecule has 0 aliphatic rings. The monoisotopic (exact) mass is 360 g/mol. The van der Waals surface area contributed by atoms with Gasteiger partial charge >= 0.3 is 0 Å². The Morgan fingerprint density at radius 3 is 2.04 bits per heavy atom. The van der Waals surface area contributed by atoms with Crippen LogP contribution >= 0.6 is 0 Å². The maximum atomic E-state index is 12.3. The number of anilines is 1. The van der Waals surface area contributed by atoms with Crippen molar-refractivity contribution in [2.75, 3.05) is 25.5 Å². The molecule has 0 spiro atoms. The molecule has 0 atom stereocenters. The first-order chi connectivity index (χ1) is 11.8. The van der Waals surface area contributed by atoms with Crippen LogP contribution < -0.4 is 10.0 Å². The summed E-state index contributed by atoms with van der Waals surface area (Å²) in [6, 6.07) is 15.0. The summed E-state index contributed by atoms with van der Waals surface area (Å²) >= 11 is 0. The number of nitrogens with one attached hydrogen (secondary N) is 2. The molecular weight excluding hydrogens is 334 g/mol. The van der Waals surface area contributed by atoms with E-state index in [0.717, 1.165) is 17.1 Å². The fraction of sp³-hybridized carbons (Fsp3) is 0.316. The van der Waals surface area contributed by atoms with Crippen molar-refractivity contribution in [3.8, 4) is 0 Å². The molecule has 2 aromatic carbocycles. The summed E-state index contributed by atoms with van der Waals surface area (Å²) in [5.74, 6) is 0.957. The average Bonchev–Trinajstić information content (AvgIpc) is 2.57. The fourth-order valence-electron chi connectivity index (χ4n) is 2.26. The van der Waals surface area contributed by atoms with Gasteiger partial charge in [-0.3, -0.25) is 4.58 Å². The van der Waals surface area contributed by atoms with E-state index < -0.39 is 10.0 Å². The van der Waals surface area contributed by atoms with Gasteiger partial charge in [-0.05, 0) is 38.1 Å². The standard InChI is InChI=1S/C19H25N3O2S/c1-15-5-9-18(10-6-15)21-17(3)22(4)14-13-20-25(23,24)19-11-7-16(2)8-12-19/h5-12,20H,13-14H2,1-4H3/p+1. The molecule has 0 amide bonds. The van der Waals surface area contributed by atoms with Gasteiger partial charge in [0.15, 0.2) is 0 Å². The van der Waals surface area contributed by atoms with Gasteiger partial charge in [-0.2, -0.15) is 0 Å². The van der Waals surface area contributed by atoms with Crippen molar-refractivity contribution in [1.29, 1.82) is 0 Å². The third kappa shape index (κ3) is 5.69. The van der Waals surface area contributed by atoms with E-state index in [1.165, 1.54) is 5.56 Å². The molecule has 2 N–H and O–H groups in total. The lowest BCUT2D eigenvalue weighted by molar-refractivity contribution is -0.495. The van der Waals surface area contributed by atoms with Crippen molar-refractivity contribution in [2.45, 2.75) is 25.7 Å². The lowest BCUT2D eigenvalue weighted by Gasteiger charge is -2.09. The summed E-state index contributed by atoms with van der Waals surface area (Å²) in [7, 11) is -1.54. The zero-order valence-electron chi connectivity index (χ0n) is 15.2. The summed E-state index contributed by atoms with van der Waals surface area (Å²) in [4.78, 5) is 0.291. The van der Waals surface area contributed by atoms with Gasteiger partial charge in [0.25, 0.3) is 0 Å². The molecule has 0 saturated carbocycles. The third-order valence-corrected chi connectivity index (χ3v) is 5.50. The minimum absolute atomic E-state index is 0.291. The van der Waals surface area contributed by atoms with Crippen LogP contribution in [-0.2, 0) is 10.0 Å². The molecule has 134 valence electrons. The molecule has 0 saturated heterocycles. The second-order valence-corrected chi connectivity index (χ2v) is 7.98. The Hall–Kier alpha value is -2.18. The zero-order valence-corrected chi connectivity index (χ0v) is 16.0. The quantitative estimate of drug-likeness (QED) is 0.473. The van der Waals surface area contributed by atoms with Gasteiger partial charge in [0.05, 0.1) is 18.5 Å². The average molecular weight is 361 g/mol. The number of likely N-dealkylation sites (N-methyl/N-ethyl adjacent to an activating group) is 1. The first-order valence-corrected chi connectivity index (χ1v) is 9.71. The third-order valence-electron chi connectivity index (χ3n) is 4.02. The fourth-order valence-corrected chi connectivity index (χ4v) is 3.28. The Labute approximate surface area is 150 Å². The van der Waals surface area contributed by atoms with E-state index >= 15 is 0 Å². The van der Waals surface area contributed by atoms with E-state index in [4.69, 9.17) is 0 Å². The molecular formula is C19H26N3O2S+. The molecule has 0 unspecified atom stereocenters. The summed E-state index contributed by atoms with van der Waals surface area (Å²) < 4.78 is 29.2. The van der Waals surface area contributed by atoms with Crippen LogP contribution in [-0.4, -0.2) is 39.0 Å². The number of hydrogen-bond donors (Lipinski definition) is 2. The Kier molecular flexibility index (Phi) is 6.33. The second-order valence-electron chi connectivity index (χ2n) is 6.21. The molecule has 25 heavy (non-hydrogen) atoms.